The van der Waals surface area contributed by atoms with Crippen LogP contribution in [0.25, 0.3) is 0 Å². The molecular weight excluding hydrogens is 717 g/mol. The van der Waals surface area contributed by atoms with Gasteiger partial charge in [0.25, 0.3) is 0 Å². The summed E-state index contributed by atoms with van der Waals surface area (Å²) >= 11 is 0. The first-order chi connectivity index (χ1) is 28.6. The Bertz CT molecular complexity index is 882. The van der Waals surface area contributed by atoms with Crippen molar-refractivity contribution in [2.45, 2.75) is 290 Å². The number of unbranched alkanes of at least 4 members (excludes halogenated alkanes) is 36. The van der Waals surface area contributed by atoms with Gasteiger partial charge < -0.3 is 14.6 Å². The SMILES string of the molecule is CCCCCCCCCCCCCCCC/C=C/CC/C=C/CCCC(=O)OC[C@H](CO)OC(=O)CCCCCCCCCCCCCCCCCCCCCCC. The van der Waals surface area contributed by atoms with Gasteiger partial charge in [-0.3, -0.25) is 9.59 Å². The van der Waals surface area contributed by atoms with Gasteiger partial charge in [0.05, 0.1) is 6.61 Å². The molecule has 0 rings (SSSR count). The molecular formula is C53H100O5. The lowest BCUT2D eigenvalue weighted by Gasteiger charge is -2.15. The van der Waals surface area contributed by atoms with E-state index in [1.165, 1.54) is 212 Å². The van der Waals surface area contributed by atoms with Crippen LogP contribution in [0, 0.1) is 0 Å². The Hall–Kier alpha value is -1.62. The third-order valence-electron chi connectivity index (χ3n) is 11.7. The molecule has 0 saturated carbocycles. The average Bonchev–Trinajstić information content (AvgIpc) is 3.23. The number of esters is 2. The molecule has 0 aromatic rings. The molecule has 0 bridgehead atoms. The summed E-state index contributed by atoms with van der Waals surface area (Å²) in [5, 5.41) is 9.62. The van der Waals surface area contributed by atoms with Crippen LogP contribution in [0.2, 0.25) is 0 Å². The highest BCUT2D eigenvalue weighted by molar-refractivity contribution is 5.70. The highest BCUT2D eigenvalue weighted by Crippen LogP contribution is 2.17. The maximum Gasteiger partial charge on any atom is 0.306 e. The van der Waals surface area contributed by atoms with E-state index < -0.39 is 6.10 Å². The van der Waals surface area contributed by atoms with Crippen molar-refractivity contribution in [1.82, 2.24) is 0 Å². The molecule has 5 nitrogen and oxygen atoms in total. The second-order valence-electron chi connectivity index (χ2n) is 17.6. The molecule has 0 unspecified atom stereocenters. The smallest absolute Gasteiger partial charge is 0.306 e. The van der Waals surface area contributed by atoms with Gasteiger partial charge in [0.15, 0.2) is 6.10 Å². The van der Waals surface area contributed by atoms with Crippen LogP contribution in [0.1, 0.15) is 284 Å². The summed E-state index contributed by atoms with van der Waals surface area (Å²) in [6.07, 6.45) is 61.4. The Morgan fingerprint density at radius 1 is 0.379 bits per heavy atom. The molecule has 0 saturated heterocycles. The molecule has 0 aliphatic carbocycles. The van der Waals surface area contributed by atoms with Gasteiger partial charge in [-0.15, -0.1) is 0 Å². The summed E-state index contributed by atoms with van der Waals surface area (Å²) in [5.41, 5.74) is 0. The molecule has 58 heavy (non-hydrogen) atoms. The Morgan fingerprint density at radius 3 is 1.03 bits per heavy atom. The maximum atomic E-state index is 12.3. The van der Waals surface area contributed by atoms with Crippen LogP contribution in [0.3, 0.4) is 0 Å². The highest BCUT2D eigenvalue weighted by Gasteiger charge is 2.16. The largest absolute Gasteiger partial charge is 0.462 e. The summed E-state index contributed by atoms with van der Waals surface area (Å²) < 4.78 is 10.7. The van der Waals surface area contributed by atoms with Gasteiger partial charge in [0, 0.05) is 12.8 Å². The van der Waals surface area contributed by atoms with Crippen LogP contribution in [-0.4, -0.2) is 36.4 Å². The molecule has 0 aromatic heterocycles. The van der Waals surface area contributed by atoms with Gasteiger partial charge in [-0.25, -0.2) is 0 Å². The number of hydrogen-bond donors (Lipinski definition) is 1. The van der Waals surface area contributed by atoms with Crippen LogP contribution in [0.15, 0.2) is 24.3 Å². The summed E-state index contributed by atoms with van der Waals surface area (Å²) in [4.78, 5) is 24.4. The van der Waals surface area contributed by atoms with Crippen LogP contribution in [0.4, 0.5) is 0 Å². The molecule has 0 aliphatic rings. The van der Waals surface area contributed by atoms with E-state index in [-0.39, 0.29) is 25.2 Å². The number of ether oxygens (including phenoxy) is 2. The van der Waals surface area contributed by atoms with Gasteiger partial charge in [-0.05, 0) is 44.9 Å². The molecule has 0 spiro atoms. The summed E-state index contributed by atoms with van der Waals surface area (Å²) in [6.45, 7) is 4.15. The maximum absolute atomic E-state index is 12.3. The number of rotatable bonds is 48. The molecule has 342 valence electrons. The van der Waals surface area contributed by atoms with Gasteiger partial charge >= 0.3 is 11.9 Å². The third kappa shape index (κ3) is 47.1. The van der Waals surface area contributed by atoms with E-state index in [9.17, 15) is 14.7 Å². The monoisotopic (exact) mass is 817 g/mol. The Labute approximate surface area is 362 Å². The molecule has 1 N–H and O–H groups in total. The van der Waals surface area contributed by atoms with Crippen LogP contribution in [0.5, 0.6) is 0 Å². The second-order valence-corrected chi connectivity index (χ2v) is 17.6. The Morgan fingerprint density at radius 2 is 0.672 bits per heavy atom. The van der Waals surface area contributed by atoms with E-state index in [2.05, 4.69) is 38.2 Å². The van der Waals surface area contributed by atoms with Crippen LogP contribution < -0.4 is 0 Å². The van der Waals surface area contributed by atoms with Crippen molar-refractivity contribution in [2.75, 3.05) is 13.2 Å². The summed E-state index contributed by atoms with van der Waals surface area (Å²) in [7, 11) is 0. The average molecular weight is 817 g/mol. The Balaban J connectivity index is 3.50. The molecule has 0 aromatic carbocycles. The van der Waals surface area contributed by atoms with Crippen molar-refractivity contribution in [2.24, 2.45) is 0 Å². The normalized spacial score (nSPS) is 12.3. The third-order valence-corrected chi connectivity index (χ3v) is 11.7. The molecule has 0 heterocycles. The second kappa shape index (κ2) is 49.7. The molecule has 0 amide bonds. The summed E-state index contributed by atoms with van der Waals surface area (Å²) in [5.74, 6) is -0.624. The molecule has 0 radical (unpaired) electrons. The summed E-state index contributed by atoms with van der Waals surface area (Å²) in [6, 6.07) is 0. The fraction of sp³-hybridized carbons (Fsp3) is 0.887. The number of hydrogen-bond acceptors (Lipinski definition) is 5. The molecule has 0 fully saturated rings. The van der Waals surface area contributed by atoms with Gasteiger partial charge in [0.2, 0.25) is 0 Å². The van der Waals surface area contributed by atoms with Gasteiger partial charge in [-0.2, -0.15) is 0 Å². The van der Waals surface area contributed by atoms with E-state index in [0.29, 0.717) is 12.8 Å². The lowest BCUT2D eigenvalue weighted by molar-refractivity contribution is -0.161. The number of aliphatic hydroxyl groups excluding tert-OH is 1. The first kappa shape index (κ1) is 56.4. The lowest BCUT2D eigenvalue weighted by Crippen LogP contribution is -2.28. The molecule has 1 atom stereocenters. The number of allylic oxidation sites excluding steroid dienone is 4. The van der Waals surface area contributed by atoms with Crippen molar-refractivity contribution in [3.8, 4) is 0 Å². The van der Waals surface area contributed by atoms with E-state index in [1.54, 1.807) is 0 Å². The quantitative estimate of drug-likeness (QED) is 0.0376. The van der Waals surface area contributed by atoms with E-state index in [0.717, 1.165) is 44.9 Å². The van der Waals surface area contributed by atoms with Crippen molar-refractivity contribution in [1.29, 1.82) is 0 Å². The van der Waals surface area contributed by atoms with E-state index in [1.807, 2.05) is 0 Å². The predicted molar refractivity (Wildman–Crippen MR) is 251 cm³/mol. The van der Waals surface area contributed by atoms with Crippen molar-refractivity contribution in [3.05, 3.63) is 24.3 Å². The van der Waals surface area contributed by atoms with E-state index in [4.69, 9.17) is 9.47 Å². The number of carbonyl (C=O) groups excluding carboxylic acids is 2. The number of aliphatic hydroxyl groups is 1. The predicted octanol–water partition coefficient (Wildman–Crippen LogP) is 17.0. The zero-order chi connectivity index (χ0) is 42.1. The number of carbonyl (C=O) groups is 2. The van der Waals surface area contributed by atoms with Crippen molar-refractivity contribution < 1.29 is 24.2 Å². The van der Waals surface area contributed by atoms with Crippen LogP contribution in [-0.2, 0) is 19.1 Å². The topological polar surface area (TPSA) is 72.8 Å². The lowest BCUT2D eigenvalue weighted by atomic mass is 10.0. The minimum Gasteiger partial charge on any atom is -0.462 e. The molecule has 5 heteroatoms. The minimum absolute atomic E-state index is 0.0814. The fourth-order valence-electron chi connectivity index (χ4n) is 7.81. The van der Waals surface area contributed by atoms with Crippen molar-refractivity contribution >= 4 is 11.9 Å². The Kier molecular flexibility index (Phi) is 48.4. The first-order valence-corrected chi connectivity index (χ1v) is 25.9. The zero-order valence-electron chi connectivity index (χ0n) is 39.1. The minimum atomic E-state index is -0.784. The van der Waals surface area contributed by atoms with Crippen molar-refractivity contribution in [3.63, 3.8) is 0 Å². The highest BCUT2D eigenvalue weighted by atomic mass is 16.6. The molecule has 0 aliphatic heterocycles. The van der Waals surface area contributed by atoms with Gasteiger partial charge in [-0.1, -0.05) is 250 Å². The first-order valence-electron chi connectivity index (χ1n) is 25.9. The fourth-order valence-corrected chi connectivity index (χ4v) is 7.81. The van der Waals surface area contributed by atoms with Gasteiger partial charge in [0.1, 0.15) is 6.61 Å². The van der Waals surface area contributed by atoms with Crippen LogP contribution >= 0.6 is 0 Å². The standard InChI is InChI=1S/C53H100O5/c1-3-5-7-9-11-13-15-17-19-21-23-25-26-28-29-31-33-35-37-39-41-43-45-47-52(55)57-50-51(49-54)58-53(56)48-46-44-42-40-38-36-34-32-30-27-24-22-20-18-16-14-12-10-8-6-4-2/h31,33,39,41,51,54H,3-30,32,34-38,40,42-50H2,1-2H3/b33-31+,41-39+/t51-/m0/s1. The van der Waals surface area contributed by atoms with E-state index >= 15 is 0 Å². The zero-order valence-corrected chi connectivity index (χ0v) is 39.1.